The Morgan fingerprint density at radius 1 is 1.30 bits per heavy atom. The summed E-state index contributed by atoms with van der Waals surface area (Å²) >= 11 is 0. The van der Waals surface area contributed by atoms with Crippen molar-refractivity contribution < 1.29 is 13.2 Å². The van der Waals surface area contributed by atoms with Gasteiger partial charge < -0.3 is 10.6 Å². The molecule has 7 heteroatoms. The molecule has 0 aliphatic rings. The van der Waals surface area contributed by atoms with E-state index in [9.17, 15) is 13.2 Å². The van der Waals surface area contributed by atoms with Gasteiger partial charge in [0.25, 0.3) is 0 Å². The molecule has 1 amide bonds. The second kappa shape index (κ2) is 7.37. The first-order valence-electron chi connectivity index (χ1n) is 6.40. The topological polar surface area (TPSA) is 87.3 Å². The van der Waals surface area contributed by atoms with E-state index in [1.165, 1.54) is 6.92 Å². The highest BCUT2D eigenvalue weighted by molar-refractivity contribution is 7.88. The van der Waals surface area contributed by atoms with Gasteiger partial charge in [0.2, 0.25) is 15.9 Å². The fourth-order valence-electron chi connectivity index (χ4n) is 1.67. The van der Waals surface area contributed by atoms with Gasteiger partial charge in [0.05, 0.1) is 12.3 Å². The second-order valence-corrected chi connectivity index (χ2v) is 6.32. The van der Waals surface area contributed by atoms with Gasteiger partial charge in [-0.1, -0.05) is 25.1 Å². The number of hydrogen-bond acceptors (Lipinski definition) is 4. The molecule has 1 aromatic carbocycles. The lowest BCUT2D eigenvalue weighted by atomic mass is 10.1. The second-order valence-electron chi connectivity index (χ2n) is 4.54. The Morgan fingerprint density at radius 2 is 1.95 bits per heavy atom. The number of sulfonamides is 1. The molecule has 0 spiro atoms. The van der Waals surface area contributed by atoms with Gasteiger partial charge in [-0.15, -0.1) is 0 Å². The molecule has 0 aromatic heterocycles. The lowest BCUT2D eigenvalue weighted by Crippen LogP contribution is -2.41. The van der Waals surface area contributed by atoms with Gasteiger partial charge in [-0.3, -0.25) is 4.79 Å². The largest absolute Gasteiger partial charge is 0.324 e. The fourth-order valence-corrected chi connectivity index (χ4v) is 2.42. The van der Waals surface area contributed by atoms with Gasteiger partial charge in [-0.05, 0) is 25.1 Å². The number of benzene rings is 1. The van der Waals surface area contributed by atoms with E-state index in [1.54, 1.807) is 6.07 Å². The first-order valence-corrected chi connectivity index (χ1v) is 8.29. The first kappa shape index (κ1) is 16.6. The minimum absolute atomic E-state index is 0.389. The maximum absolute atomic E-state index is 12.0. The van der Waals surface area contributed by atoms with E-state index in [0.29, 0.717) is 12.2 Å². The molecule has 0 aliphatic carbocycles. The minimum Gasteiger partial charge on any atom is -0.324 e. The highest BCUT2D eigenvalue weighted by atomic mass is 32.2. The van der Waals surface area contributed by atoms with Crippen molar-refractivity contribution >= 4 is 21.6 Å². The molecule has 1 rings (SSSR count). The quantitative estimate of drug-likeness (QED) is 0.690. The molecule has 1 aromatic rings. The summed E-state index contributed by atoms with van der Waals surface area (Å²) in [6.07, 6.45) is 1.02. The van der Waals surface area contributed by atoms with Crippen molar-refractivity contribution in [2.45, 2.75) is 26.4 Å². The molecule has 20 heavy (non-hydrogen) atoms. The number of rotatable bonds is 7. The summed E-state index contributed by atoms with van der Waals surface area (Å²) in [6, 6.07) is 6.59. The Bertz CT molecular complexity index is 558. The van der Waals surface area contributed by atoms with E-state index >= 15 is 0 Å². The van der Waals surface area contributed by atoms with Crippen molar-refractivity contribution in [1.82, 2.24) is 10.0 Å². The van der Waals surface area contributed by atoms with Gasteiger partial charge in [-0.2, -0.15) is 0 Å². The maximum atomic E-state index is 12.0. The van der Waals surface area contributed by atoms with Crippen molar-refractivity contribution in [3.63, 3.8) is 0 Å². The van der Waals surface area contributed by atoms with Crippen LogP contribution >= 0.6 is 0 Å². The summed E-state index contributed by atoms with van der Waals surface area (Å²) in [4.78, 5) is 12.0. The van der Waals surface area contributed by atoms with E-state index in [2.05, 4.69) is 15.4 Å². The summed E-state index contributed by atoms with van der Waals surface area (Å²) in [6.45, 7) is 4.97. The summed E-state index contributed by atoms with van der Waals surface area (Å²) in [5, 5.41) is 5.92. The fraction of sp³-hybridized carbons (Fsp3) is 0.462. The van der Waals surface area contributed by atoms with Crippen LogP contribution < -0.4 is 15.4 Å². The molecule has 6 nitrogen and oxygen atoms in total. The van der Waals surface area contributed by atoms with Gasteiger partial charge >= 0.3 is 0 Å². The molecule has 0 saturated heterocycles. The van der Waals surface area contributed by atoms with Crippen LogP contribution in [0, 0.1) is 0 Å². The van der Waals surface area contributed by atoms with Crippen LogP contribution in [-0.2, 0) is 21.4 Å². The molecule has 0 bridgehead atoms. The Morgan fingerprint density at radius 3 is 2.55 bits per heavy atom. The Kier molecular flexibility index (Phi) is 6.12. The molecule has 0 saturated carbocycles. The molecule has 112 valence electrons. The maximum Gasteiger partial charge on any atom is 0.242 e. The average molecular weight is 299 g/mol. The highest BCUT2D eigenvalue weighted by Crippen LogP contribution is 2.15. The van der Waals surface area contributed by atoms with Crippen LogP contribution in [0.3, 0.4) is 0 Å². The monoisotopic (exact) mass is 299 g/mol. The van der Waals surface area contributed by atoms with E-state index in [4.69, 9.17) is 0 Å². The molecular weight excluding hydrogens is 278 g/mol. The number of hydrogen-bond donors (Lipinski definition) is 3. The lowest BCUT2D eigenvalue weighted by molar-refractivity contribution is -0.117. The van der Waals surface area contributed by atoms with E-state index in [0.717, 1.165) is 18.4 Å². The third-order valence-corrected chi connectivity index (χ3v) is 3.41. The summed E-state index contributed by atoms with van der Waals surface area (Å²) in [5.41, 5.74) is 1.63. The first-order chi connectivity index (χ1) is 9.33. The number of carbonyl (C=O) groups is 1. The normalized spacial score (nSPS) is 12.9. The van der Waals surface area contributed by atoms with Crippen LogP contribution in [0.25, 0.3) is 0 Å². The predicted molar refractivity (Wildman–Crippen MR) is 79.9 cm³/mol. The van der Waals surface area contributed by atoms with Gasteiger partial charge in [0, 0.05) is 12.2 Å². The van der Waals surface area contributed by atoms with E-state index in [1.807, 2.05) is 25.1 Å². The third kappa shape index (κ3) is 5.68. The zero-order valence-corrected chi connectivity index (χ0v) is 12.8. The highest BCUT2D eigenvalue weighted by Gasteiger charge is 2.17. The molecule has 1 atom stereocenters. The molecule has 0 fully saturated rings. The Hall–Kier alpha value is -1.44. The van der Waals surface area contributed by atoms with Crippen LogP contribution in [0.4, 0.5) is 5.69 Å². The number of anilines is 1. The molecule has 0 aliphatic heterocycles. The Balaban J connectivity index is 2.75. The molecular formula is C13H21N3O3S. The summed E-state index contributed by atoms with van der Waals surface area (Å²) < 4.78 is 24.5. The van der Waals surface area contributed by atoms with Crippen LogP contribution in [0.15, 0.2) is 24.3 Å². The zero-order valence-electron chi connectivity index (χ0n) is 11.9. The van der Waals surface area contributed by atoms with Crippen LogP contribution in [-0.4, -0.2) is 33.2 Å². The average Bonchev–Trinajstić information content (AvgIpc) is 2.35. The van der Waals surface area contributed by atoms with Crippen molar-refractivity contribution in [1.29, 1.82) is 0 Å². The Labute approximate surface area is 120 Å². The number of nitrogens with one attached hydrogen (secondary N) is 3. The van der Waals surface area contributed by atoms with Crippen LogP contribution in [0.1, 0.15) is 19.4 Å². The number of carbonyl (C=O) groups excluding carboxylic acids is 1. The van der Waals surface area contributed by atoms with Gasteiger partial charge in [0.1, 0.15) is 0 Å². The van der Waals surface area contributed by atoms with Crippen molar-refractivity contribution in [2.75, 3.05) is 18.1 Å². The standard InChI is InChI=1S/C13H21N3O3S/c1-4-14-9-11-7-5-6-8-12(11)15-13(17)10(2)16-20(3,18)19/h5-8,10,14,16H,4,9H2,1-3H3,(H,15,17). The molecule has 3 N–H and O–H groups in total. The number of para-hydroxylation sites is 1. The lowest BCUT2D eigenvalue weighted by Gasteiger charge is -2.15. The predicted octanol–water partition coefficient (Wildman–Crippen LogP) is 0.672. The van der Waals surface area contributed by atoms with Gasteiger partial charge in [-0.25, -0.2) is 13.1 Å². The minimum atomic E-state index is -3.41. The molecule has 0 radical (unpaired) electrons. The summed E-state index contributed by atoms with van der Waals surface area (Å²) in [5.74, 6) is -0.389. The van der Waals surface area contributed by atoms with Crippen molar-refractivity contribution in [3.05, 3.63) is 29.8 Å². The number of amides is 1. The van der Waals surface area contributed by atoms with E-state index in [-0.39, 0.29) is 5.91 Å². The van der Waals surface area contributed by atoms with Crippen LogP contribution in [0.5, 0.6) is 0 Å². The third-order valence-electron chi connectivity index (χ3n) is 2.62. The summed E-state index contributed by atoms with van der Waals surface area (Å²) in [7, 11) is -3.41. The van der Waals surface area contributed by atoms with Crippen molar-refractivity contribution in [3.8, 4) is 0 Å². The van der Waals surface area contributed by atoms with Gasteiger partial charge in [0.15, 0.2) is 0 Å². The van der Waals surface area contributed by atoms with Crippen LogP contribution in [0.2, 0.25) is 0 Å². The SMILES string of the molecule is CCNCc1ccccc1NC(=O)C(C)NS(C)(=O)=O. The smallest absolute Gasteiger partial charge is 0.242 e. The zero-order chi connectivity index (χ0) is 15.2. The van der Waals surface area contributed by atoms with Crippen molar-refractivity contribution in [2.24, 2.45) is 0 Å². The molecule has 0 heterocycles. The van der Waals surface area contributed by atoms with E-state index < -0.39 is 16.1 Å². The molecule has 1 unspecified atom stereocenters.